The van der Waals surface area contributed by atoms with Gasteiger partial charge in [0.2, 0.25) is 5.91 Å². The fraction of sp³-hybridized carbons (Fsp3) is 0.500. The van der Waals surface area contributed by atoms with Crippen molar-refractivity contribution in [3.05, 3.63) is 34.5 Å². The van der Waals surface area contributed by atoms with Crippen molar-refractivity contribution in [2.24, 2.45) is 0 Å². The summed E-state index contributed by atoms with van der Waals surface area (Å²) < 4.78 is 5.57. The van der Waals surface area contributed by atoms with Crippen LogP contribution in [-0.4, -0.2) is 35.9 Å². The fourth-order valence-corrected chi connectivity index (χ4v) is 5.00. The molecule has 0 bridgehead atoms. The maximum atomic E-state index is 12.3. The number of hydrogen-bond acceptors (Lipinski definition) is 4. The van der Waals surface area contributed by atoms with Crippen molar-refractivity contribution < 1.29 is 9.53 Å². The molecule has 0 saturated carbocycles. The Morgan fingerprint density at radius 3 is 3.04 bits per heavy atom. The van der Waals surface area contributed by atoms with Gasteiger partial charge >= 0.3 is 0 Å². The van der Waals surface area contributed by atoms with Gasteiger partial charge in [-0.15, -0.1) is 11.8 Å². The van der Waals surface area contributed by atoms with Crippen LogP contribution in [0.15, 0.2) is 23.1 Å². The lowest BCUT2D eigenvalue weighted by atomic mass is 9.94. The van der Waals surface area contributed by atoms with Crippen LogP contribution in [0.25, 0.3) is 10.9 Å². The first-order valence-corrected chi connectivity index (χ1v) is 10.7. The normalized spacial score (nSPS) is 19.5. The molecule has 1 unspecified atom stereocenters. The number of aryl methyl sites for hydroxylation is 1. The third kappa shape index (κ3) is 4.00. The van der Waals surface area contributed by atoms with Gasteiger partial charge in [-0.3, -0.25) is 9.78 Å². The molecule has 2 aromatic rings. The molecule has 138 valence electrons. The van der Waals surface area contributed by atoms with Crippen LogP contribution in [0.3, 0.4) is 0 Å². The molecule has 1 aliphatic heterocycles. The first-order chi connectivity index (χ1) is 12.7. The van der Waals surface area contributed by atoms with Crippen molar-refractivity contribution in [3.8, 4) is 0 Å². The minimum absolute atomic E-state index is 0.0575. The van der Waals surface area contributed by atoms with Gasteiger partial charge in [-0.05, 0) is 62.3 Å². The molecule has 1 N–H and O–H groups in total. The number of halogens is 1. The third-order valence-corrected chi connectivity index (χ3v) is 6.47. The molecular weight excluding hydrogens is 368 g/mol. The predicted octanol–water partition coefficient (Wildman–Crippen LogP) is 4.15. The Hall–Kier alpha value is -1.30. The first-order valence-electron chi connectivity index (χ1n) is 9.33. The molecule has 4 rings (SSSR count). The van der Waals surface area contributed by atoms with Gasteiger partial charge < -0.3 is 10.1 Å². The van der Waals surface area contributed by atoms with Crippen LogP contribution in [0.2, 0.25) is 5.02 Å². The van der Waals surface area contributed by atoms with Gasteiger partial charge in [-0.1, -0.05) is 11.6 Å². The molecule has 0 radical (unpaired) electrons. The average molecular weight is 391 g/mol. The summed E-state index contributed by atoms with van der Waals surface area (Å²) in [5.74, 6) is 0.465. The highest BCUT2D eigenvalue weighted by atomic mass is 35.5. The number of fused-ring (bicyclic) bond motifs is 2. The zero-order chi connectivity index (χ0) is 17.9. The monoisotopic (exact) mass is 390 g/mol. The third-order valence-electron chi connectivity index (χ3n) is 5.07. The van der Waals surface area contributed by atoms with Crippen LogP contribution >= 0.6 is 23.4 Å². The number of nitrogens with one attached hydrogen (secondary N) is 1. The first kappa shape index (κ1) is 18.1. The number of hydrogen-bond donors (Lipinski definition) is 1. The standard InChI is InChI=1S/C20H23ClN2O2S/c21-13-7-8-18-16(10-13)20(15-5-1-2-6-17(15)23-18)26-12-19(24)22-11-14-4-3-9-25-14/h7-8,10,14H,1-6,9,11-12H2,(H,22,24). The molecule has 1 fully saturated rings. The number of benzene rings is 1. The Morgan fingerprint density at radius 1 is 1.31 bits per heavy atom. The van der Waals surface area contributed by atoms with Crippen LogP contribution < -0.4 is 5.32 Å². The molecule has 2 heterocycles. The molecule has 1 saturated heterocycles. The topological polar surface area (TPSA) is 51.2 Å². The highest BCUT2D eigenvalue weighted by Crippen LogP contribution is 2.37. The number of aromatic nitrogens is 1. The second-order valence-electron chi connectivity index (χ2n) is 6.96. The lowest BCUT2D eigenvalue weighted by molar-refractivity contribution is -0.119. The summed E-state index contributed by atoms with van der Waals surface area (Å²) in [7, 11) is 0. The van der Waals surface area contributed by atoms with E-state index in [-0.39, 0.29) is 12.0 Å². The summed E-state index contributed by atoms with van der Waals surface area (Å²) in [6, 6.07) is 5.84. The lowest BCUT2D eigenvalue weighted by Crippen LogP contribution is -2.32. The molecular formula is C20H23ClN2O2S. The van der Waals surface area contributed by atoms with E-state index in [1.54, 1.807) is 11.8 Å². The Morgan fingerprint density at radius 2 is 2.19 bits per heavy atom. The number of ether oxygens (including phenoxy) is 1. The highest BCUT2D eigenvalue weighted by molar-refractivity contribution is 8.00. The van der Waals surface area contributed by atoms with Crippen molar-refractivity contribution in [1.82, 2.24) is 10.3 Å². The number of carbonyl (C=O) groups excluding carboxylic acids is 1. The van der Waals surface area contributed by atoms with E-state index >= 15 is 0 Å². The number of rotatable bonds is 5. The van der Waals surface area contributed by atoms with Crippen molar-refractivity contribution in [3.63, 3.8) is 0 Å². The molecule has 1 aromatic heterocycles. The van der Waals surface area contributed by atoms with Gasteiger partial charge in [0.15, 0.2) is 0 Å². The summed E-state index contributed by atoms with van der Waals surface area (Å²) in [5, 5.41) is 4.78. The summed E-state index contributed by atoms with van der Waals surface area (Å²) >= 11 is 7.84. The minimum Gasteiger partial charge on any atom is -0.376 e. The fourth-order valence-electron chi connectivity index (χ4n) is 3.74. The van der Waals surface area contributed by atoms with E-state index < -0.39 is 0 Å². The summed E-state index contributed by atoms with van der Waals surface area (Å²) in [6.07, 6.45) is 6.72. The quantitative estimate of drug-likeness (QED) is 0.779. The van der Waals surface area contributed by atoms with E-state index in [9.17, 15) is 4.79 Å². The molecule has 26 heavy (non-hydrogen) atoms. The van der Waals surface area contributed by atoms with Gasteiger partial charge in [0, 0.05) is 34.1 Å². The number of carbonyl (C=O) groups is 1. The van der Waals surface area contributed by atoms with E-state index in [1.165, 1.54) is 29.0 Å². The zero-order valence-electron chi connectivity index (χ0n) is 14.7. The summed E-state index contributed by atoms with van der Waals surface area (Å²) in [4.78, 5) is 18.3. The second-order valence-corrected chi connectivity index (χ2v) is 8.38. The lowest BCUT2D eigenvalue weighted by Gasteiger charge is -2.20. The van der Waals surface area contributed by atoms with Crippen LogP contribution in [0, 0.1) is 0 Å². The number of amides is 1. The van der Waals surface area contributed by atoms with E-state index in [2.05, 4.69) is 5.32 Å². The molecule has 2 aliphatic rings. The van der Waals surface area contributed by atoms with Gasteiger partial charge in [0.1, 0.15) is 0 Å². The zero-order valence-corrected chi connectivity index (χ0v) is 16.3. The SMILES string of the molecule is O=C(CSc1c2c(nc3ccc(Cl)cc13)CCCC2)NCC1CCCO1. The van der Waals surface area contributed by atoms with E-state index in [0.717, 1.165) is 43.2 Å². The van der Waals surface area contributed by atoms with Crippen LogP contribution in [0.5, 0.6) is 0 Å². The minimum atomic E-state index is 0.0575. The Kier molecular flexibility index (Phi) is 5.67. The molecule has 4 nitrogen and oxygen atoms in total. The van der Waals surface area contributed by atoms with Gasteiger partial charge in [0.25, 0.3) is 0 Å². The average Bonchev–Trinajstić information content (AvgIpc) is 3.17. The molecule has 0 spiro atoms. The van der Waals surface area contributed by atoms with Gasteiger partial charge in [-0.25, -0.2) is 0 Å². The number of nitrogens with zero attached hydrogens (tertiary/aromatic N) is 1. The maximum Gasteiger partial charge on any atom is 0.230 e. The Balaban J connectivity index is 1.52. The van der Waals surface area contributed by atoms with Crippen LogP contribution in [-0.2, 0) is 22.4 Å². The molecule has 6 heteroatoms. The molecule has 1 aromatic carbocycles. The van der Waals surface area contributed by atoms with E-state index in [4.69, 9.17) is 21.3 Å². The van der Waals surface area contributed by atoms with Crippen molar-refractivity contribution in [2.75, 3.05) is 18.9 Å². The van der Waals surface area contributed by atoms with Crippen molar-refractivity contribution in [2.45, 2.75) is 49.5 Å². The highest BCUT2D eigenvalue weighted by Gasteiger charge is 2.20. The van der Waals surface area contributed by atoms with Crippen molar-refractivity contribution in [1.29, 1.82) is 0 Å². The molecule has 1 amide bonds. The van der Waals surface area contributed by atoms with Crippen LogP contribution in [0.1, 0.15) is 36.9 Å². The Labute approximate surface area is 163 Å². The van der Waals surface area contributed by atoms with Crippen molar-refractivity contribution >= 4 is 40.2 Å². The van der Waals surface area contributed by atoms with Crippen LogP contribution in [0.4, 0.5) is 0 Å². The molecule has 1 atom stereocenters. The number of thioether (sulfide) groups is 1. The smallest absolute Gasteiger partial charge is 0.230 e. The summed E-state index contributed by atoms with van der Waals surface area (Å²) in [6.45, 7) is 1.42. The number of pyridine rings is 1. The predicted molar refractivity (Wildman–Crippen MR) is 106 cm³/mol. The van der Waals surface area contributed by atoms with Gasteiger partial charge in [0.05, 0.1) is 17.4 Å². The summed E-state index contributed by atoms with van der Waals surface area (Å²) in [5.41, 5.74) is 3.47. The van der Waals surface area contributed by atoms with E-state index in [1.807, 2.05) is 18.2 Å². The second kappa shape index (κ2) is 8.15. The molecule has 1 aliphatic carbocycles. The largest absolute Gasteiger partial charge is 0.376 e. The Bertz CT molecular complexity index is 821. The van der Waals surface area contributed by atoms with E-state index in [0.29, 0.717) is 17.3 Å². The maximum absolute atomic E-state index is 12.3. The van der Waals surface area contributed by atoms with Gasteiger partial charge in [-0.2, -0.15) is 0 Å².